The Morgan fingerprint density at radius 3 is 2.92 bits per heavy atom. The van der Waals surface area contributed by atoms with Crippen LogP contribution in [0, 0.1) is 6.92 Å². The lowest BCUT2D eigenvalue weighted by Crippen LogP contribution is -2.36. The molecule has 4 rings (SSSR count). The number of aromatic nitrogens is 5. The molecule has 0 aromatic carbocycles. The van der Waals surface area contributed by atoms with Crippen molar-refractivity contribution in [2.24, 2.45) is 0 Å². The van der Waals surface area contributed by atoms with E-state index in [1.54, 1.807) is 6.20 Å². The van der Waals surface area contributed by atoms with E-state index in [0.29, 0.717) is 5.92 Å². The van der Waals surface area contributed by atoms with Crippen molar-refractivity contribution in [2.75, 3.05) is 18.0 Å². The summed E-state index contributed by atoms with van der Waals surface area (Å²) in [6.45, 7) is 4.73. The van der Waals surface area contributed by atoms with Crippen LogP contribution < -0.4 is 4.90 Å². The Hall–Kier alpha value is -2.76. The van der Waals surface area contributed by atoms with Gasteiger partial charge in [-0.25, -0.2) is 4.98 Å². The molecule has 1 fully saturated rings. The van der Waals surface area contributed by atoms with E-state index < -0.39 is 0 Å². The molecule has 0 N–H and O–H groups in total. The number of rotatable bonds is 4. The molecule has 0 bridgehead atoms. The Bertz CT molecular complexity index is 811. The predicted molar refractivity (Wildman–Crippen MR) is 96.5 cm³/mol. The largest absolute Gasteiger partial charge is 0.354 e. The van der Waals surface area contributed by atoms with Crippen LogP contribution in [-0.2, 0) is 6.54 Å². The molecule has 0 spiro atoms. The van der Waals surface area contributed by atoms with E-state index in [0.717, 1.165) is 49.8 Å². The highest BCUT2D eigenvalue weighted by Gasteiger charge is 2.25. The molecule has 0 unspecified atom stereocenters. The molecule has 3 aromatic heterocycles. The first-order chi connectivity index (χ1) is 12.3. The van der Waals surface area contributed by atoms with Crippen LogP contribution in [-0.4, -0.2) is 37.8 Å². The molecule has 3 aromatic rings. The standard InChI is InChI=1S/C19H22N6/c1-15-6-7-18(23-22-15)24-10-3-5-17(14-24)19-21-9-11-25(19)13-16-4-2-8-20-12-16/h2,4,6-9,11-12,17H,3,5,10,13-14H2,1H3/t17-/m0/s1. The van der Waals surface area contributed by atoms with Crippen molar-refractivity contribution in [3.63, 3.8) is 0 Å². The average Bonchev–Trinajstić information content (AvgIpc) is 3.11. The molecule has 1 saturated heterocycles. The summed E-state index contributed by atoms with van der Waals surface area (Å²) >= 11 is 0. The number of imidazole rings is 1. The lowest BCUT2D eigenvalue weighted by molar-refractivity contribution is 0.473. The monoisotopic (exact) mass is 334 g/mol. The molecule has 6 nitrogen and oxygen atoms in total. The molecule has 1 atom stereocenters. The molecule has 0 radical (unpaired) electrons. The van der Waals surface area contributed by atoms with Crippen LogP contribution in [0.5, 0.6) is 0 Å². The highest BCUT2D eigenvalue weighted by Crippen LogP contribution is 2.28. The lowest BCUT2D eigenvalue weighted by Gasteiger charge is -2.33. The van der Waals surface area contributed by atoms with Gasteiger partial charge in [0.1, 0.15) is 5.82 Å². The van der Waals surface area contributed by atoms with Crippen LogP contribution in [0.3, 0.4) is 0 Å². The molecular weight excluding hydrogens is 312 g/mol. The first-order valence-corrected chi connectivity index (χ1v) is 8.75. The van der Waals surface area contributed by atoms with E-state index in [1.807, 2.05) is 31.5 Å². The van der Waals surface area contributed by atoms with Crippen LogP contribution in [0.4, 0.5) is 5.82 Å². The van der Waals surface area contributed by atoms with Crippen LogP contribution in [0.15, 0.2) is 49.1 Å². The summed E-state index contributed by atoms with van der Waals surface area (Å²) < 4.78 is 2.24. The van der Waals surface area contributed by atoms with Crippen molar-refractivity contribution < 1.29 is 0 Å². The normalized spacial score (nSPS) is 17.6. The van der Waals surface area contributed by atoms with Crippen LogP contribution >= 0.6 is 0 Å². The minimum Gasteiger partial charge on any atom is -0.354 e. The molecule has 25 heavy (non-hydrogen) atoms. The first kappa shape index (κ1) is 15.7. The van der Waals surface area contributed by atoms with Crippen molar-refractivity contribution in [3.05, 3.63) is 66.1 Å². The second-order valence-electron chi connectivity index (χ2n) is 6.59. The molecule has 0 saturated carbocycles. The molecule has 4 heterocycles. The van der Waals surface area contributed by atoms with Crippen molar-refractivity contribution >= 4 is 5.82 Å². The molecule has 6 heteroatoms. The zero-order chi connectivity index (χ0) is 17.1. The summed E-state index contributed by atoms with van der Waals surface area (Å²) in [5, 5.41) is 8.54. The van der Waals surface area contributed by atoms with E-state index in [4.69, 9.17) is 0 Å². The zero-order valence-corrected chi connectivity index (χ0v) is 14.4. The summed E-state index contributed by atoms with van der Waals surface area (Å²) in [7, 11) is 0. The van der Waals surface area contributed by atoms with E-state index >= 15 is 0 Å². The average molecular weight is 334 g/mol. The second-order valence-corrected chi connectivity index (χ2v) is 6.59. The maximum absolute atomic E-state index is 4.66. The predicted octanol–water partition coefficient (Wildman–Crippen LogP) is 2.81. The van der Waals surface area contributed by atoms with Gasteiger partial charge in [-0.1, -0.05) is 6.07 Å². The van der Waals surface area contributed by atoms with Gasteiger partial charge in [0, 0.05) is 43.8 Å². The molecular formula is C19H22N6. The Morgan fingerprint density at radius 2 is 2.12 bits per heavy atom. The molecule has 128 valence electrons. The van der Waals surface area contributed by atoms with Gasteiger partial charge < -0.3 is 9.47 Å². The van der Waals surface area contributed by atoms with Crippen molar-refractivity contribution in [3.8, 4) is 0 Å². The van der Waals surface area contributed by atoms with E-state index in [9.17, 15) is 0 Å². The summed E-state index contributed by atoms with van der Waals surface area (Å²) in [4.78, 5) is 11.2. The fraction of sp³-hybridized carbons (Fsp3) is 0.368. The summed E-state index contributed by atoms with van der Waals surface area (Å²) in [5.41, 5.74) is 2.14. The number of hydrogen-bond donors (Lipinski definition) is 0. The fourth-order valence-corrected chi connectivity index (χ4v) is 3.46. The van der Waals surface area contributed by atoms with E-state index in [-0.39, 0.29) is 0 Å². The minimum absolute atomic E-state index is 0.406. The summed E-state index contributed by atoms with van der Waals surface area (Å²) in [6.07, 6.45) is 9.97. The van der Waals surface area contributed by atoms with Crippen molar-refractivity contribution in [1.29, 1.82) is 0 Å². The summed E-state index contributed by atoms with van der Waals surface area (Å²) in [5.74, 6) is 2.51. The number of nitrogens with zero attached hydrogens (tertiary/aromatic N) is 6. The Labute approximate surface area is 147 Å². The zero-order valence-electron chi connectivity index (χ0n) is 14.4. The number of piperidine rings is 1. The van der Waals surface area contributed by atoms with Gasteiger partial charge >= 0.3 is 0 Å². The van der Waals surface area contributed by atoms with Gasteiger partial charge in [-0.3, -0.25) is 4.98 Å². The topological polar surface area (TPSA) is 59.7 Å². The Morgan fingerprint density at radius 1 is 1.16 bits per heavy atom. The second kappa shape index (κ2) is 7.01. The van der Waals surface area contributed by atoms with Gasteiger partial charge in [0.25, 0.3) is 0 Å². The molecule has 0 amide bonds. The number of hydrogen-bond acceptors (Lipinski definition) is 5. The van der Waals surface area contributed by atoms with Crippen LogP contribution in [0.2, 0.25) is 0 Å². The first-order valence-electron chi connectivity index (χ1n) is 8.75. The fourth-order valence-electron chi connectivity index (χ4n) is 3.46. The van der Waals surface area contributed by atoms with Gasteiger partial charge in [0.2, 0.25) is 0 Å². The third-order valence-corrected chi connectivity index (χ3v) is 4.72. The van der Waals surface area contributed by atoms with Gasteiger partial charge in [-0.15, -0.1) is 5.10 Å². The van der Waals surface area contributed by atoms with E-state index in [1.165, 1.54) is 5.56 Å². The quantitative estimate of drug-likeness (QED) is 0.734. The van der Waals surface area contributed by atoms with E-state index in [2.05, 4.69) is 48.0 Å². The van der Waals surface area contributed by atoms with Crippen molar-refractivity contribution in [1.82, 2.24) is 24.7 Å². The number of aryl methyl sites for hydroxylation is 1. The number of anilines is 1. The highest BCUT2D eigenvalue weighted by atomic mass is 15.3. The molecule has 0 aliphatic carbocycles. The smallest absolute Gasteiger partial charge is 0.151 e. The molecule has 1 aliphatic rings. The van der Waals surface area contributed by atoms with Gasteiger partial charge in [-0.2, -0.15) is 5.10 Å². The van der Waals surface area contributed by atoms with Gasteiger partial charge in [0.15, 0.2) is 5.82 Å². The third kappa shape index (κ3) is 3.52. The minimum atomic E-state index is 0.406. The third-order valence-electron chi connectivity index (χ3n) is 4.72. The maximum atomic E-state index is 4.66. The van der Waals surface area contributed by atoms with Gasteiger partial charge in [0.05, 0.1) is 12.2 Å². The van der Waals surface area contributed by atoms with Gasteiger partial charge in [-0.05, 0) is 43.5 Å². The SMILES string of the molecule is Cc1ccc(N2CCC[C@H](c3nccn3Cc3cccnc3)C2)nn1. The Kier molecular flexibility index (Phi) is 4.41. The van der Waals surface area contributed by atoms with Crippen LogP contribution in [0.25, 0.3) is 0 Å². The summed E-state index contributed by atoms with van der Waals surface area (Å²) in [6, 6.07) is 8.16. The van der Waals surface area contributed by atoms with Crippen LogP contribution in [0.1, 0.15) is 35.8 Å². The van der Waals surface area contributed by atoms with Crippen molar-refractivity contribution in [2.45, 2.75) is 32.2 Å². The lowest BCUT2D eigenvalue weighted by atomic mass is 9.97. The highest BCUT2D eigenvalue weighted by molar-refractivity contribution is 5.38. The maximum Gasteiger partial charge on any atom is 0.151 e. The number of pyridine rings is 1. The Balaban J connectivity index is 1.52. The molecule has 1 aliphatic heterocycles.